The second kappa shape index (κ2) is 6.80. The standard InChI is InChI=1S/C13H20ClN5O2S/c1-4-12(19-8-11(14)7-15-19)5-6-16-22(20,21)13-9-18(3)17-10(13)2/h7-9,12,16H,4-6H2,1-3H3/t12-/m0/s1. The Labute approximate surface area is 135 Å². The molecule has 1 N–H and O–H groups in total. The topological polar surface area (TPSA) is 81.8 Å². The second-order valence-corrected chi connectivity index (χ2v) is 7.31. The molecule has 2 rings (SSSR count). The first-order valence-corrected chi connectivity index (χ1v) is 8.89. The van der Waals surface area contributed by atoms with Gasteiger partial charge in [-0.3, -0.25) is 9.36 Å². The van der Waals surface area contributed by atoms with Gasteiger partial charge in [-0.25, -0.2) is 13.1 Å². The van der Waals surface area contributed by atoms with Crippen molar-refractivity contribution in [2.45, 2.75) is 37.6 Å². The van der Waals surface area contributed by atoms with Gasteiger partial charge in [-0.15, -0.1) is 0 Å². The van der Waals surface area contributed by atoms with Gasteiger partial charge >= 0.3 is 0 Å². The third kappa shape index (κ3) is 3.88. The van der Waals surface area contributed by atoms with Crippen molar-refractivity contribution in [1.82, 2.24) is 24.3 Å². The van der Waals surface area contributed by atoms with E-state index in [4.69, 9.17) is 11.6 Å². The zero-order valence-corrected chi connectivity index (χ0v) is 14.4. The van der Waals surface area contributed by atoms with Crippen molar-refractivity contribution in [3.05, 3.63) is 29.3 Å². The van der Waals surface area contributed by atoms with Crippen LogP contribution in [0.15, 0.2) is 23.5 Å². The molecule has 0 radical (unpaired) electrons. The minimum absolute atomic E-state index is 0.102. The van der Waals surface area contributed by atoms with Gasteiger partial charge in [0.05, 0.1) is 23.0 Å². The van der Waals surface area contributed by atoms with Crippen molar-refractivity contribution < 1.29 is 8.42 Å². The molecule has 0 bridgehead atoms. The molecular formula is C13H20ClN5O2S. The summed E-state index contributed by atoms with van der Waals surface area (Å²) in [5, 5.41) is 8.80. The van der Waals surface area contributed by atoms with Gasteiger partial charge in [0.1, 0.15) is 4.90 Å². The molecule has 7 nitrogen and oxygen atoms in total. The van der Waals surface area contributed by atoms with Crippen LogP contribution < -0.4 is 4.72 Å². The number of hydrogen-bond donors (Lipinski definition) is 1. The molecule has 22 heavy (non-hydrogen) atoms. The van der Waals surface area contributed by atoms with Gasteiger partial charge < -0.3 is 0 Å². The van der Waals surface area contributed by atoms with Crippen LogP contribution in [-0.4, -0.2) is 34.5 Å². The van der Waals surface area contributed by atoms with E-state index < -0.39 is 10.0 Å². The Bertz CT molecular complexity index is 737. The number of nitrogens with zero attached hydrogens (tertiary/aromatic N) is 4. The van der Waals surface area contributed by atoms with E-state index in [9.17, 15) is 8.42 Å². The summed E-state index contributed by atoms with van der Waals surface area (Å²) >= 11 is 5.86. The van der Waals surface area contributed by atoms with E-state index in [-0.39, 0.29) is 10.9 Å². The van der Waals surface area contributed by atoms with E-state index in [1.54, 1.807) is 31.0 Å². The fourth-order valence-electron chi connectivity index (χ4n) is 2.32. The summed E-state index contributed by atoms with van der Waals surface area (Å²) in [4.78, 5) is 0.213. The Hall–Kier alpha value is -1.38. The lowest BCUT2D eigenvalue weighted by atomic mass is 10.1. The van der Waals surface area contributed by atoms with Crippen LogP contribution >= 0.6 is 11.6 Å². The third-order valence-corrected chi connectivity index (χ3v) is 5.20. The maximum absolute atomic E-state index is 12.3. The van der Waals surface area contributed by atoms with Gasteiger partial charge in [0, 0.05) is 26.0 Å². The first-order valence-electron chi connectivity index (χ1n) is 7.03. The van der Waals surface area contributed by atoms with Crippen LogP contribution in [0, 0.1) is 6.92 Å². The molecule has 2 aromatic heterocycles. The minimum Gasteiger partial charge on any atom is -0.274 e. The number of aromatic nitrogens is 4. The molecule has 2 heterocycles. The zero-order valence-electron chi connectivity index (χ0n) is 12.8. The van der Waals surface area contributed by atoms with Crippen molar-refractivity contribution >= 4 is 21.6 Å². The summed E-state index contributed by atoms with van der Waals surface area (Å²) in [6, 6.07) is 0.102. The van der Waals surface area contributed by atoms with Crippen LogP contribution in [0.1, 0.15) is 31.5 Å². The molecule has 0 saturated heterocycles. The van der Waals surface area contributed by atoms with Crippen LogP contribution in [-0.2, 0) is 17.1 Å². The van der Waals surface area contributed by atoms with Gasteiger partial charge in [-0.05, 0) is 19.8 Å². The van der Waals surface area contributed by atoms with Crippen LogP contribution in [0.25, 0.3) is 0 Å². The van der Waals surface area contributed by atoms with E-state index in [2.05, 4.69) is 14.9 Å². The van der Waals surface area contributed by atoms with E-state index >= 15 is 0 Å². The molecule has 1 atom stereocenters. The van der Waals surface area contributed by atoms with Crippen LogP contribution in [0.3, 0.4) is 0 Å². The number of rotatable bonds is 7. The van der Waals surface area contributed by atoms with E-state index in [1.165, 1.54) is 10.9 Å². The van der Waals surface area contributed by atoms with Gasteiger partial charge in [0.2, 0.25) is 10.0 Å². The van der Waals surface area contributed by atoms with Gasteiger partial charge in [0.15, 0.2) is 0 Å². The summed E-state index contributed by atoms with van der Waals surface area (Å²) in [7, 11) is -1.85. The largest absolute Gasteiger partial charge is 0.274 e. The molecular weight excluding hydrogens is 326 g/mol. The Morgan fingerprint density at radius 3 is 2.64 bits per heavy atom. The van der Waals surface area contributed by atoms with Crippen molar-refractivity contribution in [3.8, 4) is 0 Å². The highest BCUT2D eigenvalue weighted by Gasteiger charge is 2.20. The highest BCUT2D eigenvalue weighted by atomic mass is 35.5. The molecule has 0 aliphatic carbocycles. The summed E-state index contributed by atoms with van der Waals surface area (Å²) in [5.74, 6) is 0. The second-order valence-electron chi connectivity index (χ2n) is 5.14. The monoisotopic (exact) mass is 345 g/mol. The molecule has 0 amide bonds. The number of aryl methyl sites for hydroxylation is 2. The highest BCUT2D eigenvalue weighted by molar-refractivity contribution is 7.89. The maximum atomic E-state index is 12.3. The Kier molecular flexibility index (Phi) is 5.25. The average Bonchev–Trinajstić information content (AvgIpc) is 3.01. The molecule has 2 aromatic rings. The first kappa shape index (κ1) is 17.0. The van der Waals surface area contributed by atoms with Gasteiger partial charge in [-0.1, -0.05) is 18.5 Å². The molecule has 0 saturated carbocycles. The third-order valence-electron chi connectivity index (χ3n) is 3.44. The summed E-state index contributed by atoms with van der Waals surface area (Å²) in [6.45, 7) is 4.03. The van der Waals surface area contributed by atoms with Crippen LogP contribution in [0.2, 0.25) is 5.02 Å². The predicted molar refractivity (Wildman–Crippen MR) is 84.3 cm³/mol. The van der Waals surface area contributed by atoms with Crippen molar-refractivity contribution in [2.24, 2.45) is 7.05 Å². The summed E-state index contributed by atoms with van der Waals surface area (Å²) in [5.41, 5.74) is 0.487. The SMILES string of the molecule is CC[C@@H](CCNS(=O)(=O)c1cn(C)nc1C)n1cc(Cl)cn1. The maximum Gasteiger partial charge on any atom is 0.243 e. The fraction of sp³-hybridized carbons (Fsp3) is 0.538. The lowest BCUT2D eigenvalue weighted by Gasteiger charge is -2.15. The lowest BCUT2D eigenvalue weighted by molar-refractivity contribution is 0.412. The number of hydrogen-bond acceptors (Lipinski definition) is 4. The Morgan fingerprint density at radius 2 is 2.14 bits per heavy atom. The molecule has 0 unspecified atom stereocenters. The molecule has 0 aromatic carbocycles. The fourth-order valence-corrected chi connectivity index (χ4v) is 3.72. The summed E-state index contributed by atoms with van der Waals surface area (Å²) in [6.07, 6.45) is 6.30. The zero-order chi connectivity index (χ0) is 16.3. The molecule has 0 fully saturated rings. The minimum atomic E-state index is -3.54. The molecule has 0 spiro atoms. The van der Waals surface area contributed by atoms with Gasteiger partial charge in [0.25, 0.3) is 0 Å². The smallest absolute Gasteiger partial charge is 0.243 e. The quantitative estimate of drug-likeness (QED) is 0.830. The van der Waals surface area contributed by atoms with E-state index in [0.717, 1.165) is 6.42 Å². The average molecular weight is 346 g/mol. The summed E-state index contributed by atoms with van der Waals surface area (Å²) < 4.78 is 30.4. The number of halogens is 1. The van der Waals surface area contributed by atoms with Crippen LogP contribution in [0.4, 0.5) is 0 Å². The number of nitrogens with one attached hydrogen (secondary N) is 1. The lowest BCUT2D eigenvalue weighted by Crippen LogP contribution is -2.27. The predicted octanol–water partition coefficient (Wildman–Crippen LogP) is 1.90. The van der Waals surface area contributed by atoms with Gasteiger partial charge in [-0.2, -0.15) is 10.2 Å². The van der Waals surface area contributed by atoms with Crippen molar-refractivity contribution in [2.75, 3.05) is 6.54 Å². The molecule has 122 valence electrons. The normalized spacial score (nSPS) is 13.5. The van der Waals surface area contributed by atoms with E-state index in [0.29, 0.717) is 23.7 Å². The first-order chi connectivity index (χ1) is 10.3. The van der Waals surface area contributed by atoms with E-state index in [1.807, 2.05) is 6.92 Å². The molecule has 9 heteroatoms. The van der Waals surface area contributed by atoms with Crippen molar-refractivity contribution in [3.63, 3.8) is 0 Å². The van der Waals surface area contributed by atoms with Crippen molar-refractivity contribution in [1.29, 1.82) is 0 Å². The molecule has 0 aliphatic heterocycles. The number of sulfonamides is 1. The van der Waals surface area contributed by atoms with Crippen LogP contribution in [0.5, 0.6) is 0 Å². The highest BCUT2D eigenvalue weighted by Crippen LogP contribution is 2.18. The molecule has 0 aliphatic rings. The Balaban J connectivity index is 1.99. The Morgan fingerprint density at radius 1 is 1.41 bits per heavy atom.